The molecule has 0 saturated heterocycles. The van der Waals surface area contributed by atoms with Crippen LogP contribution in [0.2, 0.25) is 0 Å². The molecule has 0 aromatic rings. The van der Waals surface area contributed by atoms with E-state index in [1.807, 2.05) is 0 Å². The number of rotatable bonds is 7. The minimum atomic E-state index is 0.659. The summed E-state index contributed by atoms with van der Waals surface area (Å²) in [5, 5.41) is 0. The second kappa shape index (κ2) is 9.55. The Morgan fingerprint density at radius 3 is 2.60 bits per heavy atom. The van der Waals surface area contributed by atoms with Crippen molar-refractivity contribution in [2.45, 2.75) is 19.8 Å². The van der Waals surface area contributed by atoms with Crippen LogP contribution in [0.25, 0.3) is 0 Å². The molecule has 0 saturated carbocycles. The number of hydrogen-bond acceptors (Lipinski definition) is 1. The zero-order chi connectivity index (χ0) is 11.8. The van der Waals surface area contributed by atoms with Crippen molar-refractivity contribution in [3.8, 4) is 0 Å². The van der Waals surface area contributed by atoms with Crippen molar-refractivity contribution in [1.29, 1.82) is 0 Å². The van der Waals surface area contributed by atoms with E-state index >= 15 is 0 Å². The van der Waals surface area contributed by atoms with Crippen LogP contribution >= 0.6 is 45.2 Å². The Kier molecular flexibility index (Phi) is 10.5. The van der Waals surface area contributed by atoms with E-state index in [2.05, 4.69) is 70.4 Å². The van der Waals surface area contributed by atoms with Crippen LogP contribution in [0.15, 0.2) is 23.9 Å². The molecule has 4 heteroatoms. The van der Waals surface area contributed by atoms with Gasteiger partial charge in [0.15, 0.2) is 0 Å². The summed E-state index contributed by atoms with van der Waals surface area (Å²) in [6.45, 7) is 10.8. The SMILES string of the molecule is C=NCCCC(C)/C(I)=[C](/[Tl])C(=C)CI. The molecule has 0 aromatic carbocycles. The summed E-state index contributed by atoms with van der Waals surface area (Å²) in [7, 11) is 0. The van der Waals surface area contributed by atoms with Crippen LogP contribution in [-0.4, -0.2) is 43.5 Å². The molecule has 0 N–H and O–H groups in total. The van der Waals surface area contributed by atoms with Crippen LogP contribution in [0, 0.1) is 5.92 Å². The third-order valence-electron chi connectivity index (χ3n) is 2.19. The van der Waals surface area contributed by atoms with Crippen LogP contribution in [0.5, 0.6) is 0 Å². The quantitative estimate of drug-likeness (QED) is 0.102. The van der Waals surface area contributed by atoms with Gasteiger partial charge in [-0.1, -0.05) is 0 Å². The van der Waals surface area contributed by atoms with Crippen molar-refractivity contribution in [1.82, 2.24) is 0 Å². The molecule has 0 spiro atoms. The van der Waals surface area contributed by atoms with E-state index in [-0.39, 0.29) is 0 Å². The second-order valence-electron chi connectivity index (χ2n) is 3.49. The Morgan fingerprint density at radius 1 is 1.53 bits per heavy atom. The van der Waals surface area contributed by atoms with Gasteiger partial charge in [0.25, 0.3) is 0 Å². The van der Waals surface area contributed by atoms with Crippen molar-refractivity contribution in [3.05, 3.63) is 18.9 Å². The summed E-state index contributed by atoms with van der Waals surface area (Å²) < 4.78 is 4.10. The maximum absolute atomic E-state index is 4.12. The van der Waals surface area contributed by atoms with Crippen LogP contribution in [-0.2, 0) is 0 Å². The Bertz CT molecular complexity index is 261. The Morgan fingerprint density at radius 2 is 2.13 bits per heavy atom. The molecule has 1 unspecified atom stereocenters. The second-order valence-corrected chi connectivity index (χ2v) is 7.66. The first-order valence-corrected chi connectivity index (χ1v) is 9.71. The standard InChI is InChI=1S/C11H16I2N.Tl/c1-9(8-12)7-11(13)10(2)5-4-6-14-3;/h10H,1,3-6,8H2,2H3;. The fourth-order valence-corrected chi connectivity index (χ4v) is 5.36. The molecule has 0 aromatic heterocycles. The van der Waals surface area contributed by atoms with Gasteiger partial charge in [-0.15, -0.1) is 0 Å². The molecule has 0 aliphatic carbocycles. The molecule has 0 bridgehead atoms. The zero-order valence-corrected chi connectivity index (χ0v) is 17.9. The number of hydrogen-bond donors (Lipinski definition) is 0. The minimum absolute atomic E-state index is 0.659. The monoisotopic (exact) mass is 621 g/mol. The summed E-state index contributed by atoms with van der Waals surface area (Å²) in [6, 6.07) is 0. The molecule has 0 aliphatic heterocycles. The maximum atomic E-state index is 4.12. The summed E-state index contributed by atoms with van der Waals surface area (Å²) in [6.07, 6.45) is 2.36. The number of aliphatic imine (C=N–C) groups is 1. The average Bonchev–Trinajstić information content (AvgIpc) is 2.26. The molecule has 82 valence electrons. The molecule has 0 radical (unpaired) electrons. The summed E-state index contributed by atoms with van der Waals surface area (Å²) >= 11 is 5.77. The average molecular weight is 620 g/mol. The van der Waals surface area contributed by atoms with E-state index in [1.165, 1.54) is 18.7 Å². The van der Waals surface area contributed by atoms with Gasteiger partial charge >= 0.3 is 138 Å². The van der Waals surface area contributed by atoms with Crippen LogP contribution in [0.3, 0.4) is 0 Å². The first-order chi connectivity index (χ1) is 7.04. The van der Waals surface area contributed by atoms with E-state index < -0.39 is 0 Å². The van der Waals surface area contributed by atoms with Crippen molar-refractivity contribution >= 4 is 77.7 Å². The van der Waals surface area contributed by atoms with Crippen LogP contribution in [0.4, 0.5) is 0 Å². The normalized spacial score (nSPS) is 14.3. The van der Waals surface area contributed by atoms with Gasteiger partial charge in [-0.3, -0.25) is 0 Å². The fraction of sp³-hybridized carbons (Fsp3) is 0.545. The van der Waals surface area contributed by atoms with E-state index in [4.69, 9.17) is 0 Å². The summed E-state index contributed by atoms with van der Waals surface area (Å²) in [5.41, 5.74) is 1.32. The number of allylic oxidation sites excluding steroid dienone is 3. The molecule has 1 atom stereocenters. The first-order valence-electron chi connectivity index (χ1n) is 4.86. The van der Waals surface area contributed by atoms with Crippen molar-refractivity contribution in [2.75, 3.05) is 11.0 Å². The molecular formula is C11H16I2NTl. The van der Waals surface area contributed by atoms with Crippen molar-refractivity contribution in [2.24, 2.45) is 10.9 Å². The zero-order valence-electron chi connectivity index (χ0n) is 9.10. The molecule has 0 amide bonds. The molecule has 0 aliphatic rings. The summed E-state index contributed by atoms with van der Waals surface area (Å²) in [5.74, 6) is 0.659. The molecule has 15 heavy (non-hydrogen) atoms. The predicted molar refractivity (Wildman–Crippen MR) is 87.6 cm³/mol. The molecule has 0 fully saturated rings. The van der Waals surface area contributed by atoms with E-state index in [0.717, 1.165) is 43.2 Å². The number of alkyl halides is 1. The van der Waals surface area contributed by atoms with Crippen LogP contribution < -0.4 is 0 Å². The third-order valence-corrected chi connectivity index (χ3v) is 9.83. The Hall–Kier alpha value is 1.53. The van der Waals surface area contributed by atoms with E-state index in [0.29, 0.717) is 5.92 Å². The summed E-state index contributed by atoms with van der Waals surface area (Å²) in [4.78, 5) is 3.89. The molecular weight excluding hydrogens is 604 g/mol. The van der Waals surface area contributed by atoms with Gasteiger partial charge in [0.1, 0.15) is 0 Å². The van der Waals surface area contributed by atoms with Gasteiger partial charge in [0.05, 0.1) is 0 Å². The number of halogens is 2. The Labute approximate surface area is 136 Å². The first kappa shape index (κ1) is 16.5. The van der Waals surface area contributed by atoms with Crippen molar-refractivity contribution < 1.29 is 0 Å². The van der Waals surface area contributed by atoms with Gasteiger partial charge in [0.2, 0.25) is 0 Å². The van der Waals surface area contributed by atoms with Gasteiger partial charge in [-0.05, 0) is 0 Å². The van der Waals surface area contributed by atoms with E-state index in [9.17, 15) is 0 Å². The topological polar surface area (TPSA) is 12.4 Å². The Balaban J connectivity index is 4.33. The fourth-order valence-electron chi connectivity index (χ4n) is 1.14. The molecule has 0 rings (SSSR count). The number of nitrogens with zero attached hydrogens (tertiary/aromatic N) is 1. The van der Waals surface area contributed by atoms with E-state index in [1.54, 1.807) is 0 Å². The van der Waals surface area contributed by atoms with Gasteiger partial charge in [-0.2, -0.15) is 0 Å². The van der Waals surface area contributed by atoms with Gasteiger partial charge in [0, 0.05) is 0 Å². The van der Waals surface area contributed by atoms with Gasteiger partial charge in [-0.25, -0.2) is 0 Å². The molecule has 1 nitrogen and oxygen atoms in total. The van der Waals surface area contributed by atoms with Gasteiger partial charge < -0.3 is 0 Å². The molecule has 0 heterocycles. The van der Waals surface area contributed by atoms with Crippen molar-refractivity contribution in [3.63, 3.8) is 0 Å². The predicted octanol–water partition coefficient (Wildman–Crippen LogP) is 3.91. The third kappa shape index (κ3) is 6.75. The van der Waals surface area contributed by atoms with Crippen LogP contribution in [0.1, 0.15) is 19.8 Å².